The molecular formula is C23H21N6O6S+. The van der Waals surface area contributed by atoms with E-state index in [1.807, 2.05) is 0 Å². The number of carbonyl (C=O) groups excluding carboxylic acids is 2. The average molecular weight is 510 g/mol. The van der Waals surface area contributed by atoms with E-state index in [-0.39, 0.29) is 22.2 Å². The Morgan fingerprint density at radius 1 is 0.917 bits per heavy atom. The maximum atomic E-state index is 12.9. The van der Waals surface area contributed by atoms with Gasteiger partial charge in [-0.3, -0.25) is 20.6 Å². The average Bonchev–Trinajstić information content (AvgIpc) is 2.84. The van der Waals surface area contributed by atoms with Gasteiger partial charge in [-0.25, -0.2) is 28.7 Å². The molecule has 0 unspecified atom stereocenters. The van der Waals surface area contributed by atoms with Crippen LogP contribution >= 0.6 is 0 Å². The Morgan fingerprint density at radius 2 is 1.53 bits per heavy atom. The van der Waals surface area contributed by atoms with Crippen molar-refractivity contribution in [3.8, 4) is 0 Å². The van der Waals surface area contributed by atoms with Crippen molar-refractivity contribution in [2.45, 2.75) is 4.90 Å². The smallest absolute Gasteiger partial charge is 0.316 e. The minimum Gasteiger partial charge on any atom is -0.316 e. The first-order chi connectivity index (χ1) is 17.0. The van der Waals surface area contributed by atoms with Crippen molar-refractivity contribution in [3.63, 3.8) is 0 Å². The molecule has 3 aromatic carbocycles. The van der Waals surface area contributed by atoms with Crippen LogP contribution in [0.15, 0.2) is 89.5 Å². The third-order valence-corrected chi connectivity index (χ3v) is 5.58. The number of amides is 2. The quantitative estimate of drug-likeness (QED) is 0.0958. The summed E-state index contributed by atoms with van der Waals surface area (Å²) < 4.78 is 22.8. The van der Waals surface area contributed by atoms with Crippen molar-refractivity contribution in [3.05, 3.63) is 106 Å². The van der Waals surface area contributed by atoms with E-state index in [0.717, 1.165) is 0 Å². The van der Waals surface area contributed by atoms with Crippen molar-refractivity contribution < 1.29 is 27.9 Å². The number of non-ortho nitro benzene ring substituents is 1. The van der Waals surface area contributed by atoms with Crippen LogP contribution in [-0.2, 0) is 14.8 Å². The largest absolute Gasteiger partial charge is 0.353 e. The molecule has 0 saturated carbocycles. The second kappa shape index (κ2) is 11.0. The molecular weight excluding hydrogens is 488 g/mol. The summed E-state index contributed by atoms with van der Waals surface area (Å²) in [6, 6.07) is 18.8. The number of sulfonamides is 1. The van der Waals surface area contributed by atoms with Gasteiger partial charge in [0.15, 0.2) is 0 Å². The summed E-state index contributed by atoms with van der Waals surface area (Å²) in [6.45, 7) is 0. The fourth-order valence-corrected chi connectivity index (χ4v) is 3.42. The van der Waals surface area contributed by atoms with E-state index in [9.17, 15) is 28.1 Å². The van der Waals surface area contributed by atoms with Crippen molar-refractivity contribution in [2.24, 2.45) is 10.9 Å². The Kier molecular flexibility index (Phi) is 7.89. The van der Waals surface area contributed by atoms with Gasteiger partial charge in [0.05, 0.1) is 15.5 Å². The number of nitrogens with one attached hydrogen (secondary N) is 3. The molecule has 3 aromatic rings. The van der Waals surface area contributed by atoms with Crippen molar-refractivity contribution in [1.82, 2.24) is 10.6 Å². The van der Waals surface area contributed by atoms with Crippen LogP contribution < -0.4 is 26.5 Å². The van der Waals surface area contributed by atoms with Crippen LogP contribution in [0.5, 0.6) is 0 Å². The lowest BCUT2D eigenvalue weighted by atomic mass is 10.1. The van der Waals surface area contributed by atoms with Crippen LogP contribution in [0.3, 0.4) is 0 Å². The van der Waals surface area contributed by atoms with Crippen LogP contribution in [0, 0.1) is 10.1 Å². The Hall–Kier alpha value is -4.88. The lowest BCUT2D eigenvalue weighted by Gasteiger charge is -2.08. The molecule has 12 nitrogen and oxygen atoms in total. The van der Waals surface area contributed by atoms with Crippen LogP contribution in [0.25, 0.3) is 6.08 Å². The van der Waals surface area contributed by atoms with Crippen LogP contribution in [0.4, 0.5) is 11.4 Å². The van der Waals surface area contributed by atoms with E-state index in [1.165, 1.54) is 54.6 Å². The monoisotopic (exact) mass is 509 g/mol. The molecule has 0 spiro atoms. The molecule has 0 fully saturated rings. The van der Waals surface area contributed by atoms with E-state index in [4.69, 9.17) is 10.9 Å². The van der Waals surface area contributed by atoms with Gasteiger partial charge in [-0.2, -0.15) is 0 Å². The molecule has 3 rings (SSSR count). The maximum absolute atomic E-state index is 12.9. The fourth-order valence-electron chi connectivity index (χ4n) is 2.91. The number of nitrogens with two attached hydrogens (primary N) is 2. The molecule has 184 valence electrons. The first-order valence-corrected chi connectivity index (χ1v) is 11.7. The van der Waals surface area contributed by atoms with E-state index in [1.54, 1.807) is 30.3 Å². The number of carbonyl (C=O) groups is 2. The van der Waals surface area contributed by atoms with Crippen molar-refractivity contribution in [1.29, 1.82) is 0 Å². The molecule has 0 aliphatic rings. The summed E-state index contributed by atoms with van der Waals surface area (Å²) >= 11 is 0. The van der Waals surface area contributed by atoms with Crippen LogP contribution in [0.1, 0.15) is 15.9 Å². The molecule has 0 atom stereocenters. The summed E-state index contributed by atoms with van der Waals surface area (Å²) in [4.78, 5) is 38.5. The van der Waals surface area contributed by atoms with Crippen molar-refractivity contribution >= 4 is 45.2 Å². The lowest BCUT2D eigenvalue weighted by Crippen LogP contribution is -2.74. The number of primary sulfonamides is 1. The second-order valence-electron chi connectivity index (χ2n) is 7.29. The van der Waals surface area contributed by atoms with Crippen molar-refractivity contribution in [2.75, 3.05) is 0 Å². The standard InChI is InChI=1S/C23H20N6O6S/c24-23(26-17-8-12-19(13-9-17)36(25,34)35)28-22(31)20(27-21(30)16-4-2-1-3-5-16)14-15-6-10-18(11-7-15)29(32)33/h1-14H,(H,27,30)(H2,25,34,35)(H3,24,26,28,31)/p+1/b20-14+. The highest BCUT2D eigenvalue weighted by atomic mass is 32.2. The number of guanidine groups is 1. The highest BCUT2D eigenvalue weighted by Crippen LogP contribution is 2.14. The summed E-state index contributed by atoms with van der Waals surface area (Å²) in [5.74, 6) is -1.57. The first-order valence-electron chi connectivity index (χ1n) is 10.2. The molecule has 0 bridgehead atoms. The van der Waals surface area contributed by atoms with Crippen LogP contribution in [0.2, 0.25) is 0 Å². The molecule has 2 amide bonds. The number of nitro benzene ring substituents is 1. The van der Waals surface area contributed by atoms with Gasteiger partial charge in [0, 0.05) is 17.7 Å². The molecule has 0 saturated heterocycles. The van der Waals surface area contributed by atoms with Gasteiger partial charge >= 0.3 is 11.9 Å². The SMILES string of the molecule is NC(NC(=O)/C(=C\c1ccc([N+](=O)[O-])cc1)NC(=O)c1ccccc1)=[NH+]c1ccc(S(N)(=O)=O)cc1. The maximum Gasteiger partial charge on any atom is 0.353 e. The molecule has 0 heterocycles. The van der Waals surface area contributed by atoms with E-state index >= 15 is 0 Å². The zero-order valence-corrected chi connectivity index (χ0v) is 19.4. The Labute approximate surface area is 205 Å². The molecule has 0 radical (unpaired) electrons. The number of rotatable bonds is 7. The highest BCUT2D eigenvalue weighted by molar-refractivity contribution is 7.89. The zero-order chi connectivity index (χ0) is 26.3. The Morgan fingerprint density at radius 3 is 2.08 bits per heavy atom. The van der Waals surface area contributed by atoms with Gasteiger partial charge in [-0.15, -0.1) is 0 Å². The number of hydrogen-bond donors (Lipinski definition) is 5. The minimum absolute atomic E-state index is 0.104. The molecule has 7 N–H and O–H groups in total. The van der Waals surface area contributed by atoms with Gasteiger partial charge in [0.25, 0.3) is 11.6 Å². The van der Waals surface area contributed by atoms with Gasteiger partial charge in [0.2, 0.25) is 10.0 Å². The van der Waals surface area contributed by atoms with Gasteiger partial charge in [-0.1, -0.05) is 18.2 Å². The summed E-state index contributed by atoms with van der Waals surface area (Å²) in [6.07, 6.45) is 1.33. The normalized spacial score (nSPS) is 12.0. The van der Waals surface area contributed by atoms with Gasteiger partial charge in [-0.05, 0) is 60.2 Å². The van der Waals surface area contributed by atoms with E-state index in [2.05, 4.69) is 15.6 Å². The second-order valence-corrected chi connectivity index (χ2v) is 8.85. The Bertz CT molecular complexity index is 1450. The summed E-state index contributed by atoms with van der Waals surface area (Å²) in [5, 5.41) is 20.9. The first kappa shape index (κ1) is 25.7. The number of nitro groups is 1. The number of benzene rings is 3. The highest BCUT2D eigenvalue weighted by Gasteiger charge is 2.19. The predicted octanol–water partition coefficient (Wildman–Crippen LogP) is -0.144. The lowest BCUT2D eigenvalue weighted by molar-refractivity contribution is -0.384. The molecule has 0 aromatic heterocycles. The van der Waals surface area contributed by atoms with Crippen LogP contribution in [-0.4, -0.2) is 31.1 Å². The number of hydrogen-bond acceptors (Lipinski definition) is 6. The molecule has 13 heteroatoms. The number of nitrogens with zero attached hydrogens (tertiary/aromatic N) is 1. The topological polar surface area (TPSA) is 201 Å². The minimum atomic E-state index is -3.87. The third kappa shape index (κ3) is 7.06. The fraction of sp³-hybridized carbons (Fsp3) is 0. The molecule has 0 aliphatic heterocycles. The van der Waals surface area contributed by atoms with Gasteiger partial charge in [0.1, 0.15) is 5.70 Å². The summed E-state index contributed by atoms with van der Waals surface area (Å²) in [5.41, 5.74) is 6.61. The molecule has 36 heavy (non-hydrogen) atoms. The molecule has 0 aliphatic carbocycles. The summed E-state index contributed by atoms with van der Waals surface area (Å²) in [7, 11) is -3.87. The van der Waals surface area contributed by atoms with Gasteiger partial charge < -0.3 is 5.32 Å². The zero-order valence-electron chi connectivity index (χ0n) is 18.5. The third-order valence-electron chi connectivity index (χ3n) is 4.65. The van der Waals surface area contributed by atoms with E-state index in [0.29, 0.717) is 16.8 Å². The predicted molar refractivity (Wildman–Crippen MR) is 131 cm³/mol. The Balaban J connectivity index is 1.85. The van der Waals surface area contributed by atoms with E-state index < -0.39 is 26.8 Å².